The molecule has 0 spiro atoms. The molecule has 0 saturated heterocycles. The number of hydrogen-bond donors (Lipinski definition) is 3. The minimum Gasteiger partial charge on any atom is -0.478 e. The molecule has 1 aromatic heterocycles. The number of hydrogen-bond acceptors (Lipinski definition) is 5. The van der Waals surface area contributed by atoms with Gasteiger partial charge in [-0.3, -0.25) is 9.59 Å². The number of carbonyl (C=O) groups excluding carboxylic acids is 2. The van der Waals surface area contributed by atoms with Crippen LogP contribution in [0.25, 0.3) is 5.57 Å². The number of amides is 2. The van der Waals surface area contributed by atoms with Crippen LogP contribution < -0.4 is 15.4 Å². The van der Waals surface area contributed by atoms with Crippen molar-refractivity contribution in [2.24, 2.45) is 0 Å². The SMILES string of the molecule is CCCOc1ccc(/C(=C\C=C\C(=O)Nc2cccc3c2CC(O)C(=O)N3)c2ccc(C(F)(F)F)cc2)cn1. The minimum absolute atomic E-state index is 0.0598. The molecule has 2 heterocycles. The van der Waals surface area contributed by atoms with Gasteiger partial charge >= 0.3 is 6.18 Å². The van der Waals surface area contributed by atoms with Crippen LogP contribution >= 0.6 is 0 Å². The molecule has 0 bridgehead atoms. The van der Waals surface area contributed by atoms with E-state index in [1.807, 2.05) is 6.92 Å². The van der Waals surface area contributed by atoms with E-state index in [1.54, 1.807) is 42.6 Å². The second-order valence-electron chi connectivity index (χ2n) is 8.78. The van der Waals surface area contributed by atoms with Crippen molar-refractivity contribution < 1.29 is 32.6 Å². The minimum atomic E-state index is -4.46. The van der Waals surface area contributed by atoms with E-state index in [1.165, 1.54) is 24.3 Å². The van der Waals surface area contributed by atoms with E-state index in [0.29, 0.717) is 46.1 Å². The lowest BCUT2D eigenvalue weighted by molar-refractivity contribution is -0.137. The Hall–Kier alpha value is -4.44. The zero-order valence-corrected chi connectivity index (χ0v) is 21.0. The average Bonchev–Trinajstić information content (AvgIpc) is 2.91. The molecule has 39 heavy (non-hydrogen) atoms. The van der Waals surface area contributed by atoms with Crippen molar-refractivity contribution >= 4 is 28.8 Å². The molecule has 0 fully saturated rings. The zero-order valence-electron chi connectivity index (χ0n) is 21.0. The summed E-state index contributed by atoms with van der Waals surface area (Å²) >= 11 is 0. The summed E-state index contributed by atoms with van der Waals surface area (Å²) in [6.07, 6.45) is 1.11. The number of alkyl halides is 3. The van der Waals surface area contributed by atoms with Crippen LogP contribution in [0.15, 0.2) is 79.0 Å². The van der Waals surface area contributed by atoms with Crippen LogP contribution in [0.2, 0.25) is 0 Å². The predicted molar refractivity (Wildman–Crippen MR) is 141 cm³/mol. The maximum absolute atomic E-state index is 13.1. The Bertz CT molecular complexity index is 1400. The number of pyridine rings is 1. The van der Waals surface area contributed by atoms with Gasteiger partial charge < -0.3 is 20.5 Å². The fourth-order valence-electron chi connectivity index (χ4n) is 3.98. The molecular formula is C29H26F3N3O4. The first kappa shape index (κ1) is 27.6. The van der Waals surface area contributed by atoms with Gasteiger partial charge in [0.15, 0.2) is 0 Å². The molecular weight excluding hydrogens is 511 g/mol. The lowest BCUT2D eigenvalue weighted by Crippen LogP contribution is -2.34. The van der Waals surface area contributed by atoms with E-state index in [2.05, 4.69) is 15.6 Å². The van der Waals surface area contributed by atoms with Gasteiger partial charge in [-0.2, -0.15) is 13.2 Å². The number of aromatic nitrogens is 1. The standard InChI is InChI=1S/C29H26F3N3O4/c1-2-15-39-27-14-11-19(17-33-27)21(18-9-12-20(13-10-18)29(30,31)32)5-3-8-26(37)34-23-6-4-7-24-22(23)16-25(36)28(38)35-24/h3-14,17,25,36H,2,15-16H2,1H3,(H,34,37)(H,35,38)/b8-3+,21-5-. The number of aliphatic hydroxyl groups is 1. The van der Waals surface area contributed by atoms with E-state index >= 15 is 0 Å². The molecule has 2 aromatic carbocycles. The number of halogens is 3. The molecule has 1 atom stereocenters. The third kappa shape index (κ3) is 6.91. The number of anilines is 2. The Kier molecular flexibility index (Phi) is 8.46. The summed E-state index contributed by atoms with van der Waals surface area (Å²) in [6, 6.07) is 13.1. The number of rotatable bonds is 8. The molecule has 2 amide bonds. The van der Waals surface area contributed by atoms with Crippen molar-refractivity contribution in [1.29, 1.82) is 0 Å². The van der Waals surface area contributed by atoms with Crippen molar-refractivity contribution in [2.45, 2.75) is 32.0 Å². The third-order valence-electron chi connectivity index (χ3n) is 5.93. The highest BCUT2D eigenvalue weighted by atomic mass is 19.4. The number of ether oxygens (including phenoxy) is 1. The normalized spacial score (nSPS) is 15.6. The Morgan fingerprint density at radius 1 is 1.15 bits per heavy atom. The number of allylic oxidation sites excluding steroid dienone is 2. The van der Waals surface area contributed by atoms with Crippen LogP contribution in [0.4, 0.5) is 24.5 Å². The zero-order chi connectivity index (χ0) is 28.0. The van der Waals surface area contributed by atoms with Gasteiger partial charge in [0.1, 0.15) is 6.10 Å². The highest BCUT2D eigenvalue weighted by Gasteiger charge is 2.30. The molecule has 4 rings (SSSR count). The first-order valence-corrected chi connectivity index (χ1v) is 12.2. The Morgan fingerprint density at radius 2 is 1.90 bits per heavy atom. The van der Waals surface area contributed by atoms with Gasteiger partial charge in [0.25, 0.3) is 5.91 Å². The molecule has 10 heteroatoms. The summed E-state index contributed by atoms with van der Waals surface area (Å²) in [4.78, 5) is 28.7. The maximum Gasteiger partial charge on any atom is 0.416 e. The van der Waals surface area contributed by atoms with E-state index in [-0.39, 0.29) is 6.42 Å². The second-order valence-corrected chi connectivity index (χ2v) is 8.78. The first-order valence-electron chi connectivity index (χ1n) is 12.2. The number of carbonyl (C=O) groups is 2. The van der Waals surface area contributed by atoms with E-state index in [9.17, 15) is 27.9 Å². The van der Waals surface area contributed by atoms with E-state index in [0.717, 1.165) is 18.6 Å². The summed E-state index contributed by atoms with van der Waals surface area (Å²) in [6.45, 7) is 2.47. The molecule has 202 valence electrons. The topological polar surface area (TPSA) is 101 Å². The number of aliphatic hydroxyl groups excluding tert-OH is 1. The first-order chi connectivity index (χ1) is 18.7. The number of fused-ring (bicyclic) bond motifs is 1. The van der Waals surface area contributed by atoms with Crippen LogP contribution in [-0.2, 0) is 22.2 Å². The quantitative estimate of drug-likeness (QED) is 0.265. The summed E-state index contributed by atoms with van der Waals surface area (Å²) in [5.41, 5.74) is 2.45. The van der Waals surface area contributed by atoms with Gasteiger partial charge in [-0.25, -0.2) is 4.98 Å². The molecule has 1 aliphatic rings. The largest absolute Gasteiger partial charge is 0.478 e. The molecule has 7 nitrogen and oxygen atoms in total. The Balaban J connectivity index is 1.58. The van der Waals surface area contributed by atoms with Crippen LogP contribution in [-0.4, -0.2) is 34.6 Å². The molecule has 1 unspecified atom stereocenters. The van der Waals surface area contributed by atoms with Gasteiger partial charge in [0, 0.05) is 47.3 Å². The maximum atomic E-state index is 13.1. The van der Waals surface area contributed by atoms with Crippen molar-refractivity contribution in [2.75, 3.05) is 17.2 Å². The number of benzene rings is 2. The average molecular weight is 538 g/mol. The van der Waals surface area contributed by atoms with Gasteiger partial charge in [-0.15, -0.1) is 0 Å². The van der Waals surface area contributed by atoms with Crippen LogP contribution in [0.3, 0.4) is 0 Å². The van der Waals surface area contributed by atoms with Crippen molar-refractivity contribution in [3.8, 4) is 5.88 Å². The second kappa shape index (κ2) is 12.0. The molecule has 0 aliphatic carbocycles. The van der Waals surface area contributed by atoms with Crippen LogP contribution in [0, 0.1) is 0 Å². The highest BCUT2D eigenvalue weighted by molar-refractivity contribution is 6.03. The molecule has 1 aliphatic heterocycles. The summed E-state index contributed by atoms with van der Waals surface area (Å²) in [5, 5.41) is 15.2. The lowest BCUT2D eigenvalue weighted by Gasteiger charge is -2.23. The fourth-order valence-corrected chi connectivity index (χ4v) is 3.98. The number of nitrogens with one attached hydrogen (secondary N) is 2. The summed E-state index contributed by atoms with van der Waals surface area (Å²) in [7, 11) is 0. The van der Waals surface area contributed by atoms with Gasteiger partial charge in [-0.05, 0) is 47.9 Å². The smallest absolute Gasteiger partial charge is 0.416 e. The predicted octanol–water partition coefficient (Wildman–Crippen LogP) is 5.37. The molecule has 0 radical (unpaired) electrons. The molecule has 0 saturated carbocycles. The summed E-state index contributed by atoms with van der Waals surface area (Å²) in [5.74, 6) is -0.555. The lowest BCUT2D eigenvalue weighted by atomic mass is 9.97. The van der Waals surface area contributed by atoms with E-state index in [4.69, 9.17) is 4.74 Å². The van der Waals surface area contributed by atoms with Crippen molar-refractivity contribution in [3.63, 3.8) is 0 Å². The van der Waals surface area contributed by atoms with Crippen LogP contribution in [0.5, 0.6) is 5.88 Å². The van der Waals surface area contributed by atoms with Gasteiger partial charge in [-0.1, -0.05) is 37.3 Å². The number of nitrogens with zero attached hydrogens (tertiary/aromatic N) is 1. The highest BCUT2D eigenvalue weighted by Crippen LogP contribution is 2.32. The summed E-state index contributed by atoms with van der Waals surface area (Å²) < 4.78 is 44.7. The monoisotopic (exact) mass is 537 g/mol. The van der Waals surface area contributed by atoms with Gasteiger partial charge in [0.05, 0.1) is 12.2 Å². The van der Waals surface area contributed by atoms with Gasteiger partial charge in [0.2, 0.25) is 11.8 Å². The Morgan fingerprint density at radius 3 is 2.56 bits per heavy atom. The third-order valence-corrected chi connectivity index (χ3v) is 5.93. The van der Waals surface area contributed by atoms with Crippen LogP contribution in [0.1, 0.15) is 35.6 Å². The van der Waals surface area contributed by atoms with Crippen molar-refractivity contribution in [3.05, 3.63) is 101 Å². The fraction of sp³-hybridized carbons (Fsp3) is 0.207. The molecule has 3 aromatic rings. The Labute approximate surface area is 223 Å². The van der Waals surface area contributed by atoms with Crippen molar-refractivity contribution in [1.82, 2.24) is 4.98 Å². The molecule has 3 N–H and O–H groups in total. The van der Waals surface area contributed by atoms with E-state index < -0.39 is 29.7 Å².